The van der Waals surface area contributed by atoms with Gasteiger partial charge in [-0.2, -0.15) is 0 Å². The van der Waals surface area contributed by atoms with Gasteiger partial charge in [0.25, 0.3) is 0 Å². The van der Waals surface area contributed by atoms with Crippen LogP contribution in [0.15, 0.2) is 23.1 Å². The van der Waals surface area contributed by atoms with Gasteiger partial charge in [-0.3, -0.25) is 4.79 Å². The van der Waals surface area contributed by atoms with Gasteiger partial charge in [0.1, 0.15) is 0 Å². The molecule has 1 heterocycles. The van der Waals surface area contributed by atoms with Gasteiger partial charge in [-0.25, -0.2) is 13.1 Å². The highest BCUT2D eigenvalue weighted by molar-refractivity contribution is 7.89. The summed E-state index contributed by atoms with van der Waals surface area (Å²) in [6, 6.07) is 5.18. The summed E-state index contributed by atoms with van der Waals surface area (Å²) in [6.07, 6.45) is 5.98. The Morgan fingerprint density at radius 2 is 2.04 bits per heavy atom. The van der Waals surface area contributed by atoms with Gasteiger partial charge in [0, 0.05) is 24.7 Å². The van der Waals surface area contributed by atoms with Gasteiger partial charge in [-0.1, -0.05) is 6.42 Å². The largest absolute Gasteiger partial charge is 0.312 e. The number of hydrogen-bond donors (Lipinski definition) is 1. The highest BCUT2D eigenvalue weighted by atomic mass is 32.2. The Morgan fingerprint density at radius 3 is 2.62 bits per heavy atom. The van der Waals surface area contributed by atoms with Crippen molar-refractivity contribution in [3.05, 3.63) is 23.8 Å². The van der Waals surface area contributed by atoms with E-state index in [1.165, 1.54) is 12.8 Å². The molecular weight excluding hydrogens is 324 g/mol. The lowest BCUT2D eigenvalue weighted by atomic mass is 9.96. The molecule has 1 aromatic carbocycles. The molecule has 2 saturated carbocycles. The van der Waals surface area contributed by atoms with Crippen molar-refractivity contribution >= 4 is 21.6 Å². The quantitative estimate of drug-likeness (QED) is 0.909. The van der Waals surface area contributed by atoms with E-state index in [-0.39, 0.29) is 11.9 Å². The number of aryl methyl sites for hydroxylation is 1. The van der Waals surface area contributed by atoms with Crippen LogP contribution in [0, 0.1) is 18.8 Å². The standard InChI is InChI=1S/C18H24N2O3S/c1-12-9-15(6-7-17(12)20-8-2-3-18(20)21)24(22,23)19-16-11-13-4-5-14(16)10-13/h6-7,9,13-14,16,19H,2-5,8,10-11H2,1H3/t13-,14+,16-/m0/s1. The number of sulfonamides is 1. The minimum absolute atomic E-state index is 0.0916. The van der Waals surface area contributed by atoms with E-state index in [0.29, 0.717) is 23.2 Å². The molecule has 0 spiro atoms. The third-order valence-electron chi connectivity index (χ3n) is 5.89. The number of carbonyl (C=O) groups excluding carboxylic acids is 1. The van der Waals surface area contributed by atoms with Crippen molar-refractivity contribution in [1.29, 1.82) is 0 Å². The highest BCUT2D eigenvalue weighted by Crippen LogP contribution is 2.44. The van der Waals surface area contributed by atoms with E-state index in [1.54, 1.807) is 23.1 Å². The number of nitrogens with zero attached hydrogens (tertiary/aromatic N) is 1. The van der Waals surface area contributed by atoms with Crippen LogP contribution < -0.4 is 9.62 Å². The van der Waals surface area contributed by atoms with E-state index in [0.717, 1.165) is 37.1 Å². The summed E-state index contributed by atoms with van der Waals surface area (Å²) < 4.78 is 28.4. The molecule has 3 atom stereocenters. The predicted octanol–water partition coefficient (Wildman–Crippen LogP) is 2.59. The molecule has 1 N–H and O–H groups in total. The molecule has 5 nitrogen and oxygen atoms in total. The van der Waals surface area contributed by atoms with E-state index < -0.39 is 10.0 Å². The molecule has 0 aromatic heterocycles. The van der Waals surface area contributed by atoms with Crippen molar-refractivity contribution in [2.45, 2.75) is 56.4 Å². The SMILES string of the molecule is Cc1cc(S(=O)(=O)N[C@H]2C[C@H]3CC[C@@H]2C3)ccc1N1CCCC1=O. The number of fused-ring (bicyclic) bond motifs is 2. The molecule has 2 aliphatic carbocycles. The van der Waals surface area contributed by atoms with Gasteiger partial charge >= 0.3 is 0 Å². The number of rotatable bonds is 4. The Morgan fingerprint density at radius 1 is 1.21 bits per heavy atom. The Balaban J connectivity index is 1.55. The molecule has 3 fully saturated rings. The van der Waals surface area contributed by atoms with E-state index >= 15 is 0 Å². The lowest BCUT2D eigenvalue weighted by molar-refractivity contribution is -0.117. The summed E-state index contributed by atoms with van der Waals surface area (Å²) in [5.74, 6) is 1.33. The third-order valence-corrected chi connectivity index (χ3v) is 7.37. The number of hydrogen-bond acceptors (Lipinski definition) is 3. The average molecular weight is 348 g/mol. The van der Waals surface area contributed by atoms with Crippen molar-refractivity contribution in [2.75, 3.05) is 11.4 Å². The van der Waals surface area contributed by atoms with Crippen LogP contribution in [0.4, 0.5) is 5.69 Å². The Bertz CT molecular complexity index is 774. The molecule has 1 aromatic rings. The second kappa shape index (κ2) is 5.85. The fraction of sp³-hybridized carbons (Fsp3) is 0.611. The van der Waals surface area contributed by atoms with Crippen LogP contribution in [0.2, 0.25) is 0 Å². The Labute approximate surface area is 143 Å². The molecule has 4 rings (SSSR count). The van der Waals surface area contributed by atoms with E-state index in [1.807, 2.05) is 6.92 Å². The van der Waals surface area contributed by atoms with Crippen molar-refractivity contribution in [3.8, 4) is 0 Å². The van der Waals surface area contributed by atoms with Crippen molar-refractivity contribution in [3.63, 3.8) is 0 Å². The third kappa shape index (κ3) is 2.75. The lowest BCUT2D eigenvalue weighted by Gasteiger charge is -2.23. The van der Waals surface area contributed by atoms with Gasteiger partial charge in [-0.05, 0) is 68.2 Å². The van der Waals surface area contributed by atoms with Gasteiger partial charge in [-0.15, -0.1) is 0 Å². The van der Waals surface area contributed by atoms with Crippen LogP contribution in [0.5, 0.6) is 0 Å². The molecule has 6 heteroatoms. The topological polar surface area (TPSA) is 66.5 Å². The maximum Gasteiger partial charge on any atom is 0.240 e. The smallest absolute Gasteiger partial charge is 0.240 e. The first-order valence-electron chi connectivity index (χ1n) is 8.87. The zero-order valence-electron chi connectivity index (χ0n) is 14.0. The van der Waals surface area contributed by atoms with Crippen LogP contribution in [-0.4, -0.2) is 26.9 Å². The maximum atomic E-state index is 12.7. The second-order valence-electron chi connectivity index (χ2n) is 7.50. The van der Waals surface area contributed by atoms with Gasteiger partial charge in [0.15, 0.2) is 0 Å². The fourth-order valence-corrected chi connectivity index (χ4v) is 6.06. The van der Waals surface area contributed by atoms with E-state index in [9.17, 15) is 13.2 Å². The van der Waals surface area contributed by atoms with Crippen LogP contribution in [-0.2, 0) is 14.8 Å². The van der Waals surface area contributed by atoms with E-state index in [4.69, 9.17) is 0 Å². The lowest BCUT2D eigenvalue weighted by Crippen LogP contribution is -2.38. The van der Waals surface area contributed by atoms with Crippen molar-refractivity contribution in [2.24, 2.45) is 11.8 Å². The molecular formula is C18H24N2O3S. The first-order valence-corrected chi connectivity index (χ1v) is 10.4. The minimum atomic E-state index is -3.50. The molecule has 1 amide bonds. The van der Waals surface area contributed by atoms with Gasteiger partial charge in [0.05, 0.1) is 4.90 Å². The Hall–Kier alpha value is -1.40. The summed E-state index contributed by atoms with van der Waals surface area (Å²) in [4.78, 5) is 14.0. The van der Waals surface area contributed by atoms with Crippen LogP contribution in [0.1, 0.15) is 44.1 Å². The Kier molecular flexibility index (Phi) is 3.92. The molecule has 2 bridgehead atoms. The molecule has 24 heavy (non-hydrogen) atoms. The number of nitrogens with one attached hydrogen (secondary N) is 1. The minimum Gasteiger partial charge on any atom is -0.312 e. The zero-order valence-corrected chi connectivity index (χ0v) is 14.8. The monoisotopic (exact) mass is 348 g/mol. The van der Waals surface area contributed by atoms with Crippen LogP contribution in [0.25, 0.3) is 0 Å². The molecule has 3 aliphatic rings. The number of benzene rings is 1. The highest BCUT2D eigenvalue weighted by Gasteiger charge is 2.41. The normalized spacial score (nSPS) is 29.6. The summed E-state index contributed by atoms with van der Waals surface area (Å²) in [7, 11) is -3.50. The summed E-state index contributed by atoms with van der Waals surface area (Å²) >= 11 is 0. The maximum absolute atomic E-state index is 12.7. The number of amides is 1. The summed E-state index contributed by atoms with van der Waals surface area (Å²) in [5, 5.41) is 0. The van der Waals surface area contributed by atoms with Gasteiger partial charge < -0.3 is 4.90 Å². The predicted molar refractivity (Wildman–Crippen MR) is 92.3 cm³/mol. The number of anilines is 1. The molecule has 0 unspecified atom stereocenters. The van der Waals surface area contributed by atoms with Crippen molar-refractivity contribution in [1.82, 2.24) is 4.72 Å². The number of carbonyl (C=O) groups is 1. The van der Waals surface area contributed by atoms with E-state index in [2.05, 4.69) is 4.72 Å². The molecule has 0 radical (unpaired) electrons. The van der Waals surface area contributed by atoms with Crippen molar-refractivity contribution < 1.29 is 13.2 Å². The van der Waals surface area contributed by atoms with Crippen LogP contribution in [0.3, 0.4) is 0 Å². The molecule has 130 valence electrons. The first kappa shape index (κ1) is 16.1. The van der Waals surface area contributed by atoms with Crippen LogP contribution >= 0.6 is 0 Å². The average Bonchev–Trinajstić information content (AvgIpc) is 3.24. The molecule has 1 saturated heterocycles. The fourth-order valence-electron chi connectivity index (χ4n) is 4.66. The molecule has 1 aliphatic heterocycles. The second-order valence-corrected chi connectivity index (χ2v) is 9.21. The van der Waals surface area contributed by atoms with Gasteiger partial charge in [0.2, 0.25) is 15.9 Å². The first-order chi connectivity index (χ1) is 11.4. The summed E-state index contributed by atoms with van der Waals surface area (Å²) in [5.41, 5.74) is 1.66. The zero-order chi connectivity index (χ0) is 16.9. The summed E-state index contributed by atoms with van der Waals surface area (Å²) in [6.45, 7) is 2.59.